The first-order chi connectivity index (χ1) is 12.3. The fraction of sp³-hybridized carbons (Fsp3) is 0.250. The second-order valence-electron chi connectivity index (χ2n) is 5.38. The Morgan fingerprint density at radius 2 is 1.15 bits per heavy atom. The van der Waals surface area contributed by atoms with E-state index in [2.05, 4.69) is 0 Å². The Morgan fingerprint density at radius 1 is 0.769 bits per heavy atom. The molecule has 0 radical (unpaired) electrons. The van der Waals surface area contributed by atoms with Gasteiger partial charge in [0.05, 0.1) is 32.2 Å². The Kier molecular flexibility index (Phi) is 8.55. The molecule has 0 bridgehead atoms. The Balaban J connectivity index is 1.80. The van der Waals surface area contributed by atoms with Gasteiger partial charge in [-0.2, -0.15) is 0 Å². The van der Waals surface area contributed by atoms with Gasteiger partial charge in [-0.15, -0.1) is 9.05 Å². The van der Waals surface area contributed by atoms with E-state index in [1.807, 2.05) is 0 Å². The molecule has 140 valence electrons. The maximum atomic E-state index is 11.9. The topological polar surface area (TPSA) is 87.6 Å². The monoisotopic (exact) mass is 455 g/mol. The predicted molar refractivity (Wildman–Crippen MR) is 106 cm³/mol. The minimum Gasteiger partial charge on any atom is -0.322 e. The minimum absolute atomic E-state index is 0.0187. The van der Waals surface area contributed by atoms with Crippen LogP contribution in [-0.2, 0) is 13.6 Å². The van der Waals surface area contributed by atoms with Crippen molar-refractivity contribution in [1.29, 1.82) is 0 Å². The maximum Gasteiger partial charge on any atom is 0.697 e. The molecule has 2 unspecified atom stereocenters. The number of hydrogen-bond donors (Lipinski definition) is 2. The summed E-state index contributed by atoms with van der Waals surface area (Å²) in [5.41, 5.74) is 13.4. The van der Waals surface area contributed by atoms with E-state index in [1.54, 1.807) is 36.4 Å². The van der Waals surface area contributed by atoms with Gasteiger partial charge in [-0.1, -0.05) is 58.5 Å². The fourth-order valence-electron chi connectivity index (χ4n) is 2.00. The highest BCUT2D eigenvalue weighted by atomic mass is 35.5. The van der Waals surface area contributed by atoms with Gasteiger partial charge in [0, 0.05) is 4.57 Å². The zero-order chi connectivity index (χ0) is 19.3. The molecule has 5 nitrogen and oxygen atoms in total. The van der Waals surface area contributed by atoms with E-state index in [0.717, 1.165) is 0 Å². The molecule has 0 aliphatic carbocycles. The molecule has 0 aliphatic heterocycles. The number of halogens is 4. The lowest BCUT2D eigenvalue weighted by molar-refractivity contribution is 0.207. The van der Waals surface area contributed by atoms with Gasteiger partial charge in [0.15, 0.2) is 0 Å². The summed E-state index contributed by atoms with van der Waals surface area (Å²) >= 11 is 23.6. The van der Waals surface area contributed by atoms with Crippen molar-refractivity contribution in [2.45, 2.75) is 12.1 Å². The minimum atomic E-state index is -2.38. The van der Waals surface area contributed by atoms with Crippen molar-refractivity contribution in [2.24, 2.45) is 11.5 Å². The third kappa shape index (κ3) is 6.31. The lowest BCUT2D eigenvalue weighted by atomic mass is 10.1. The molecule has 26 heavy (non-hydrogen) atoms. The summed E-state index contributed by atoms with van der Waals surface area (Å²) in [6.07, 6.45) is 0. The van der Waals surface area contributed by atoms with Crippen LogP contribution < -0.4 is 11.5 Å². The third-order valence-electron chi connectivity index (χ3n) is 3.46. The van der Waals surface area contributed by atoms with Gasteiger partial charge in [0.1, 0.15) is 13.2 Å². The summed E-state index contributed by atoms with van der Waals surface area (Å²) in [5, 5.41) is 1.61. The molecule has 0 fully saturated rings. The van der Waals surface area contributed by atoms with E-state index in [1.165, 1.54) is 0 Å². The van der Waals surface area contributed by atoms with Crippen LogP contribution in [0.5, 0.6) is 0 Å². The Labute approximate surface area is 172 Å². The van der Waals surface area contributed by atoms with E-state index in [-0.39, 0.29) is 13.2 Å². The molecule has 0 amide bonds. The van der Waals surface area contributed by atoms with Gasteiger partial charge in [0.25, 0.3) is 0 Å². The second kappa shape index (κ2) is 10.2. The molecule has 0 aliphatic rings. The molecule has 2 rings (SSSR count). The maximum absolute atomic E-state index is 11.9. The third-order valence-corrected chi connectivity index (χ3v) is 5.66. The summed E-state index contributed by atoms with van der Waals surface area (Å²) < 4.78 is 22.1. The highest BCUT2D eigenvalue weighted by molar-refractivity contribution is 7.33. The summed E-state index contributed by atoms with van der Waals surface area (Å²) in [7, 11) is -2.38. The fourth-order valence-corrected chi connectivity index (χ4v) is 3.25. The van der Waals surface area contributed by atoms with Gasteiger partial charge >= 0.3 is 8.25 Å². The first-order valence-corrected chi connectivity index (χ1v) is 10.0. The van der Waals surface area contributed by atoms with Crippen LogP contribution in [0.2, 0.25) is 20.1 Å². The van der Waals surface area contributed by atoms with Gasteiger partial charge in [-0.25, -0.2) is 0 Å². The van der Waals surface area contributed by atoms with Crippen LogP contribution in [-0.4, -0.2) is 13.2 Å². The first kappa shape index (κ1) is 21.8. The van der Waals surface area contributed by atoms with Gasteiger partial charge in [-0.05, 0) is 35.4 Å². The molecule has 10 heteroatoms. The summed E-state index contributed by atoms with van der Waals surface area (Å²) in [6, 6.07) is 8.90. The molecule has 2 atom stereocenters. The average Bonchev–Trinajstić information content (AvgIpc) is 2.62. The van der Waals surface area contributed by atoms with Crippen LogP contribution in [0.3, 0.4) is 0 Å². The number of benzene rings is 2. The second-order valence-corrected chi connectivity index (χ2v) is 7.97. The molecule has 0 aromatic heterocycles. The summed E-state index contributed by atoms with van der Waals surface area (Å²) in [4.78, 5) is 0. The summed E-state index contributed by atoms with van der Waals surface area (Å²) in [6.45, 7) is -0.0373. The first-order valence-electron chi connectivity index (χ1n) is 7.42. The lowest BCUT2D eigenvalue weighted by Gasteiger charge is -2.10. The largest absolute Gasteiger partial charge is 0.697 e. The number of nitrogens with two attached hydrogens (primary N) is 2. The summed E-state index contributed by atoms with van der Waals surface area (Å²) in [5.74, 6) is 0. The predicted octanol–water partition coefficient (Wildman–Crippen LogP) is 5.69. The van der Waals surface area contributed by atoms with E-state index in [9.17, 15) is 4.57 Å². The van der Waals surface area contributed by atoms with Crippen LogP contribution in [0, 0.1) is 0 Å². The SMILES string of the molecule is NC(CO[P+](=O)OCC(N)c1ccc(Cl)c(Cl)c1)c1ccc(Cl)c(Cl)c1. The Morgan fingerprint density at radius 3 is 1.50 bits per heavy atom. The highest BCUT2D eigenvalue weighted by Crippen LogP contribution is 2.30. The number of hydrogen-bond acceptors (Lipinski definition) is 5. The smallest absolute Gasteiger partial charge is 0.322 e. The molecule has 0 heterocycles. The van der Waals surface area contributed by atoms with Crippen molar-refractivity contribution >= 4 is 54.7 Å². The Bertz CT molecular complexity index is 731. The molecular weight excluding hydrogens is 441 g/mol. The highest BCUT2D eigenvalue weighted by Gasteiger charge is 2.25. The van der Waals surface area contributed by atoms with Crippen LogP contribution in [0.1, 0.15) is 23.2 Å². The van der Waals surface area contributed by atoms with E-state index in [4.69, 9.17) is 66.9 Å². The zero-order valence-electron chi connectivity index (χ0n) is 13.4. The van der Waals surface area contributed by atoms with Gasteiger partial charge < -0.3 is 11.5 Å². The van der Waals surface area contributed by atoms with Crippen LogP contribution in [0.25, 0.3) is 0 Å². The van der Waals surface area contributed by atoms with Crippen LogP contribution in [0.4, 0.5) is 0 Å². The molecule has 2 aromatic carbocycles. The lowest BCUT2D eigenvalue weighted by Crippen LogP contribution is -2.17. The molecule has 0 saturated heterocycles. The van der Waals surface area contributed by atoms with Crippen molar-refractivity contribution in [3.63, 3.8) is 0 Å². The quantitative estimate of drug-likeness (QED) is 0.498. The van der Waals surface area contributed by atoms with Crippen LogP contribution >= 0.6 is 54.7 Å². The zero-order valence-corrected chi connectivity index (χ0v) is 17.3. The van der Waals surface area contributed by atoms with E-state index < -0.39 is 20.3 Å². The van der Waals surface area contributed by atoms with Crippen molar-refractivity contribution < 1.29 is 13.6 Å². The van der Waals surface area contributed by atoms with Crippen molar-refractivity contribution in [3.8, 4) is 0 Å². The van der Waals surface area contributed by atoms with Crippen molar-refractivity contribution in [2.75, 3.05) is 13.2 Å². The molecule has 2 aromatic rings. The Hall–Kier alpha value is -0.460. The molecule has 0 spiro atoms. The van der Waals surface area contributed by atoms with E-state index >= 15 is 0 Å². The molecule has 0 saturated carbocycles. The molecule has 4 N–H and O–H groups in total. The van der Waals surface area contributed by atoms with Gasteiger partial charge in [-0.3, -0.25) is 0 Å². The normalized spacial score (nSPS) is 14.2. The van der Waals surface area contributed by atoms with Gasteiger partial charge in [0.2, 0.25) is 0 Å². The standard InChI is InChI=1S/C16H16Cl4N2O3P/c17-11-3-1-9(5-13(11)19)15(21)7-24-26(23)25-8-16(22)10-2-4-12(18)14(20)6-10/h1-6,15-16H,7-8,21-22H2/q+1. The molecular formula is C16H16Cl4N2O3P+. The van der Waals surface area contributed by atoms with Crippen molar-refractivity contribution in [3.05, 3.63) is 67.6 Å². The number of rotatable bonds is 8. The van der Waals surface area contributed by atoms with Crippen LogP contribution in [0.15, 0.2) is 36.4 Å². The van der Waals surface area contributed by atoms with E-state index in [0.29, 0.717) is 31.2 Å². The average molecular weight is 457 g/mol. The van der Waals surface area contributed by atoms with Crippen molar-refractivity contribution in [1.82, 2.24) is 0 Å².